The van der Waals surface area contributed by atoms with Crippen molar-refractivity contribution in [2.24, 2.45) is 0 Å². The second-order valence-electron chi connectivity index (χ2n) is 15.8. The van der Waals surface area contributed by atoms with Crippen LogP contribution < -0.4 is 4.90 Å². The highest BCUT2D eigenvalue weighted by molar-refractivity contribution is 6.12. The lowest BCUT2D eigenvalue weighted by Crippen LogP contribution is -2.22. The van der Waals surface area contributed by atoms with Crippen LogP contribution in [0.15, 0.2) is 186 Å². The molecule has 2 aliphatic rings. The van der Waals surface area contributed by atoms with E-state index in [0.717, 1.165) is 44.6 Å². The Morgan fingerprint density at radius 3 is 1.67 bits per heavy atom. The van der Waals surface area contributed by atoms with Crippen LogP contribution in [-0.4, -0.2) is 0 Å². The van der Waals surface area contributed by atoms with Crippen LogP contribution in [0.2, 0.25) is 0 Å². The first kappa shape index (κ1) is 31.8. The van der Waals surface area contributed by atoms with Gasteiger partial charge in [0.25, 0.3) is 0 Å². The standard InChI is InChI=1S/C53H39NO/c1-52(2)45-20-10-7-16-40(45)43-31-29-38(33-48(43)52)54(36-14-5-4-6-15-36)37-27-24-34(25-28-37)39-19-13-23-49-51(39)44-30-26-35(32-50(44)55-49)53(3)46-21-11-8-17-41(46)42-18-9-12-22-47(42)53/h4-33H,1-3H3. The van der Waals surface area contributed by atoms with Crippen LogP contribution >= 0.6 is 0 Å². The summed E-state index contributed by atoms with van der Waals surface area (Å²) in [6.07, 6.45) is 0. The molecule has 8 aromatic carbocycles. The second-order valence-corrected chi connectivity index (χ2v) is 15.8. The number of furan rings is 1. The summed E-state index contributed by atoms with van der Waals surface area (Å²) in [7, 11) is 0. The van der Waals surface area contributed by atoms with E-state index in [-0.39, 0.29) is 10.8 Å². The maximum Gasteiger partial charge on any atom is 0.136 e. The van der Waals surface area contributed by atoms with E-state index in [2.05, 4.69) is 208 Å². The number of nitrogens with zero attached hydrogens (tertiary/aromatic N) is 1. The molecule has 0 saturated heterocycles. The van der Waals surface area contributed by atoms with E-state index in [1.807, 2.05) is 0 Å². The monoisotopic (exact) mass is 705 g/mol. The third-order valence-corrected chi connectivity index (χ3v) is 12.6. The Morgan fingerprint density at radius 1 is 0.400 bits per heavy atom. The molecule has 262 valence electrons. The molecule has 0 N–H and O–H groups in total. The number of hydrogen-bond acceptors (Lipinski definition) is 2. The minimum Gasteiger partial charge on any atom is -0.456 e. The molecular weight excluding hydrogens is 667 g/mol. The molecule has 0 atom stereocenters. The molecule has 1 aromatic heterocycles. The maximum atomic E-state index is 6.68. The normalized spacial score (nSPS) is 14.4. The fraction of sp³-hybridized carbons (Fsp3) is 0.0943. The highest BCUT2D eigenvalue weighted by Crippen LogP contribution is 2.53. The lowest BCUT2D eigenvalue weighted by molar-refractivity contribution is 0.660. The van der Waals surface area contributed by atoms with Gasteiger partial charge in [0.2, 0.25) is 0 Å². The topological polar surface area (TPSA) is 16.4 Å². The zero-order valence-electron chi connectivity index (χ0n) is 31.2. The summed E-state index contributed by atoms with van der Waals surface area (Å²) in [5, 5.41) is 2.28. The van der Waals surface area contributed by atoms with Gasteiger partial charge in [0.1, 0.15) is 11.2 Å². The van der Waals surface area contributed by atoms with E-state index >= 15 is 0 Å². The number of para-hydroxylation sites is 1. The van der Waals surface area contributed by atoms with Gasteiger partial charge >= 0.3 is 0 Å². The van der Waals surface area contributed by atoms with Gasteiger partial charge in [0.05, 0.1) is 0 Å². The number of hydrogen-bond donors (Lipinski definition) is 0. The van der Waals surface area contributed by atoms with Gasteiger partial charge in [-0.25, -0.2) is 0 Å². The zero-order valence-corrected chi connectivity index (χ0v) is 31.2. The van der Waals surface area contributed by atoms with Crippen molar-refractivity contribution in [2.75, 3.05) is 4.90 Å². The van der Waals surface area contributed by atoms with Crippen molar-refractivity contribution in [2.45, 2.75) is 31.6 Å². The summed E-state index contributed by atoms with van der Waals surface area (Å²) in [4.78, 5) is 2.37. The fourth-order valence-corrected chi connectivity index (χ4v) is 9.79. The number of rotatable bonds is 5. The van der Waals surface area contributed by atoms with Crippen molar-refractivity contribution < 1.29 is 4.42 Å². The molecule has 55 heavy (non-hydrogen) atoms. The second kappa shape index (κ2) is 11.7. The number of anilines is 3. The highest BCUT2D eigenvalue weighted by atomic mass is 16.3. The largest absolute Gasteiger partial charge is 0.456 e. The smallest absolute Gasteiger partial charge is 0.136 e. The van der Waals surface area contributed by atoms with Crippen molar-refractivity contribution in [3.63, 3.8) is 0 Å². The van der Waals surface area contributed by atoms with Gasteiger partial charge in [-0.05, 0) is 117 Å². The van der Waals surface area contributed by atoms with E-state index in [1.165, 1.54) is 55.6 Å². The third-order valence-electron chi connectivity index (χ3n) is 12.6. The van der Waals surface area contributed by atoms with Gasteiger partial charge in [-0.3, -0.25) is 0 Å². The molecule has 0 amide bonds. The zero-order chi connectivity index (χ0) is 36.9. The van der Waals surface area contributed by atoms with Gasteiger partial charge in [-0.1, -0.05) is 147 Å². The summed E-state index contributed by atoms with van der Waals surface area (Å²) >= 11 is 0. The van der Waals surface area contributed by atoms with Crippen molar-refractivity contribution in [3.8, 4) is 33.4 Å². The number of benzene rings is 8. The summed E-state index contributed by atoms with van der Waals surface area (Å²) in [6.45, 7) is 7.05. The van der Waals surface area contributed by atoms with Gasteiger partial charge < -0.3 is 9.32 Å². The Labute approximate surface area is 322 Å². The minimum absolute atomic E-state index is 0.0786. The van der Waals surface area contributed by atoms with Crippen molar-refractivity contribution >= 4 is 39.0 Å². The summed E-state index contributed by atoms with van der Waals surface area (Å²) < 4.78 is 6.68. The molecule has 0 aliphatic heterocycles. The fourth-order valence-electron chi connectivity index (χ4n) is 9.79. The van der Waals surface area contributed by atoms with Crippen LogP contribution in [0.4, 0.5) is 17.1 Å². The van der Waals surface area contributed by atoms with Crippen LogP contribution in [0.5, 0.6) is 0 Å². The average molecular weight is 706 g/mol. The minimum atomic E-state index is -0.276. The SMILES string of the molecule is CC1(C)c2ccccc2-c2ccc(N(c3ccccc3)c3ccc(-c4cccc5oc6cc(C7(C)c8ccccc8-c8ccccc87)ccc6c45)cc3)cc21. The van der Waals surface area contributed by atoms with Gasteiger partial charge in [0, 0.05) is 38.7 Å². The van der Waals surface area contributed by atoms with Crippen LogP contribution in [-0.2, 0) is 10.8 Å². The predicted molar refractivity (Wildman–Crippen MR) is 229 cm³/mol. The van der Waals surface area contributed by atoms with Crippen molar-refractivity contribution in [1.82, 2.24) is 0 Å². The van der Waals surface area contributed by atoms with E-state index in [4.69, 9.17) is 4.42 Å². The molecule has 0 unspecified atom stereocenters. The van der Waals surface area contributed by atoms with E-state index in [1.54, 1.807) is 0 Å². The Hall–Kier alpha value is -6.64. The lowest BCUT2D eigenvalue weighted by atomic mass is 9.74. The third kappa shape index (κ3) is 4.55. The van der Waals surface area contributed by atoms with Crippen molar-refractivity contribution in [3.05, 3.63) is 210 Å². The first-order valence-corrected chi connectivity index (χ1v) is 19.3. The molecule has 0 radical (unpaired) electrons. The molecule has 1 heterocycles. The van der Waals surface area contributed by atoms with Crippen LogP contribution in [0.1, 0.15) is 48.6 Å². The predicted octanol–water partition coefficient (Wildman–Crippen LogP) is 14.4. The van der Waals surface area contributed by atoms with Crippen LogP contribution in [0.3, 0.4) is 0 Å². The van der Waals surface area contributed by atoms with Crippen molar-refractivity contribution in [1.29, 1.82) is 0 Å². The molecule has 2 heteroatoms. The first-order chi connectivity index (χ1) is 26.9. The molecule has 0 spiro atoms. The summed E-state index contributed by atoms with van der Waals surface area (Å²) in [5.74, 6) is 0. The average Bonchev–Trinajstić information content (AvgIpc) is 3.82. The quantitative estimate of drug-likeness (QED) is 0.177. The van der Waals surface area contributed by atoms with Crippen LogP contribution in [0.25, 0.3) is 55.3 Å². The Balaban J connectivity index is 0.997. The number of fused-ring (bicyclic) bond motifs is 9. The summed E-state index contributed by atoms with van der Waals surface area (Å²) in [5.41, 5.74) is 19.1. The maximum absolute atomic E-state index is 6.68. The molecule has 2 nitrogen and oxygen atoms in total. The van der Waals surface area contributed by atoms with E-state index < -0.39 is 0 Å². The lowest BCUT2D eigenvalue weighted by Gasteiger charge is -2.28. The van der Waals surface area contributed by atoms with E-state index in [0.29, 0.717) is 0 Å². The van der Waals surface area contributed by atoms with Crippen LogP contribution in [0, 0.1) is 0 Å². The Bertz CT molecular complexity index is 2920. The van der Waals surface area contributed by atoms with Gasteiger partial charge in [-0.2, -0.15) is 0 Å². The molecule has 0 saturated carbocycles. The molecule has 9 aromatic rings. The highest BCUT2D eigenvalue weighted by Gasteiger charge is 2.41. The molecule has 0 bridgehead atoms. The Morgan fingerprint density at radius 2 is 0.964 bits per heavy atom. The van der Waals surface area contributed by atoms with E-state index in [9.17, 15) is 0 Å². The first-order valence-electron chi connectivity index (χ1n) is 19.3. The van der Waals surface area contributed by atoms with Gasteiger partial charge in [-0.15, -0.1) is 0 Å². The molecule has 11 rings (SSSR count). The molecule has 2 aliphatic carbocycles. The molecular formula is C53H39NO. The van der Waals surface area contributed by atoms with Gasteiger partial charge in [0.15, 0.2) is 0 Å². The molecule has 0 fully saturated rings. The summed E-state index contributed by atoms with van der Waals surface area (Å²) in [6, 6.07) is 66.5. The Kier molecular flexibility index (Phi) is 6.76.